The number of halogens is 1. The van der Waals surface area contributed by atoms with E-state index in [9.17, 15) is 4.79 Å². The van der Waals surface area contributed by atoms with Crippen LogP contribution in [0.2, 0.25) is 5.02 Å². The van der Waals surface area contributed by atoms with Crippen LogP contribution in [0, 0.1) is 0 Å². The number of allylic oxidation sites excluding steroid dienone is 2. The fourth-order valence-corrected chi connectivity index (χ4v) is 4.32. The molecule has 0 radical (unpaired) electrons. The highest BCUT2D eigenvalue weighted by Gasteiger charge is 2.26. The summed E-state index contributed by atoms with van der Waals surface area (Å²) in [4.78, 5) is 22.4. The van der Waals surface area contributed by atoms with Gasteiger partial charge in [-0.25, -0.2) is 9.86 Å². The topological polar surface area (TPSA) is 48.1 Å². The van der Waals surface area contributed by atoms with Crippen LogP contribution in [0.25, 0.3) is 0 Å². The smallest absolute Gasteiger partial charge is 0.323 e. The van der Waals surface area contributed by atoms with Crippen molar-refractivity contribution in [2.24, 2.45) is 0 Å². The Hall–Kier alpha value is -2.18. The SMILES string of the molecule is CON1CC2=C(C=C1NC(=O)N1CCN(c3cccc(Cl)c3)CC1)CCCC2. The minimum Gasteiger partial charge on any atom is -0.368 e. The van der Waals surface area contributed by atoms with Gasteiger partial charge in [-0.15, -0.1) is 0 Å². The molecule has 1 fully saturated rings. The molecule has 1 aromatic rings. The van der Waals surface area contributed by atoms with Crippen LogP contribution in [0.15, 0.2) is 47.3 Å². The first-order valence-corrected chi connectivity index (χ1v) is 10.3. The second-order valence-corrected chi connectivity index (χ2v) is 7.91. The van der Waals surface area contributed by atoms with Crippen LogP contribution in [0.5, 0.6) is 0 Å². The molecule has 2 amide bonds. The first kappa shape index (κ1) is 19.2. The average molecular weight is 403 g/mol. The molecule has 0 bridgehead atoms. The molecule has 0 saturated carbocycles. The number of carbonyl (C=O) groups is 1. The number of hydroxylamine groups is 2. The molecular formula is C21H27ClN4O2. The Morgan fingerprint density at radius 1 is 1.14 bits per heavy atom. The van der Waals surface area contributed by atoms with Crippen molar-refractivity contribution in [1.29, 1.82) is 0 Å². The van der Waals surface area contributed by atoms with Crippen molar-refractivity contribution in [2.75, 3.05) is 44.7 Å². The molecule has 0 aromatic heterocycles. The van der Waals surface area contributed by atoms with Gasteiger partial charge in [-0.05, 0) is 61.1 Å². The highest BCUT2D eigenvalue weighted by atomic mass is 35.5. The van der Waals surface area contributed by atoms with E-state index in [-0.39, 0.29) is 6.03 Å². The van der Waals surface area contributed by atoms with Crippen molar-refractivity contribution in [2.45, 2.75) is 25.7 Å². The van der Waals surface area contributed by atoms with E-state index in [0.29, 0.717) is 13.1 Å². The van der Waals surface area contributed by atoms with Gasteiger partial charge in [-0.3, -0.25) is 10.2 Å². The average Bonchev–Trinajstić information content (AvgIpc) is 2.73. The van der Waals surface area contributed by atoms with Gasteiger partial charge in [0, 0.05) is 36.9 Å². The number of benzene rings is 1. The molecular weight excluding hydrogens is 376 g/mol. The van der Waals surface area contributed by atoms with Crippen LogP contribution in [0.3, 0.4) is 0 Å². The van der Waals surface area contributed by atoms with Gasteiger partial charge >= 0.3 is 6.03 Å². The lowest BCUT2D eigenvalue weighted by molar-refractivity contribution is -0.0995. The molecule has 28 heavy (non-hydrogen) atoms. The van der Waals surface area contributed by atoms with E-state index in [1.807, 2.05) is 23.1 Å². The number of hydrogen-bond donors (Lipinski definition) is 1. The Bertz CT molecular complexity index is 799. The summed E-state index contributed by atoms with van der Waals surface area (Å²) < 4.78 is 0. The Morgan fingerprint density at radius 3 is 2.68 bits per heavy atom. The quantitative estimate of drug-likeness (QED) is 0.836. The van der Waals surface area contributed by atoms with Crippen LogP contribution >= 0.6 is 11.6 Å². The molecule has 0 unspecified atom stereocenters. The molecule has 1 aliphatic carbocycles. The second kappa shape index (κ2) is 8.45. The Labute approximate surface area is 171 Å². The van der Waals surface area contributed by atoms with Crippen LogP contribution in [0.4, 0.5) is 10.5 Å². The van der Waals surface area contributed by atoms with Gasteiger partial charge in [-0.1, -0.05) is 17.7 Å². The van der Waals surface area contributed by atoms with Crippen LogP contribution in [-0.4, -0.2) is 55.8 Å². The van der Waals surface area contributed by atoms with Gasteiger partial charge in [0.25, 0.3) is 0 Å². The predicted octanol–water partition coefficient (Wildman–Crippen LogP) is 3.76. The molecule has 1 saturated heterocycles. The molecule has 0 spiro atoms. The number of urea groups is 1. The lowest BCUT2D eigenvalue weighted by atomic mass is 9.90. The third-order valence-corrected chi connectivity index (χ3v) is 5.97. The van der Waals surface area contributed by atoms with Gasteiger partial charge in [0.1, 0.15) is 5.82 Å². The third-order valence-electron chi connectivity index (χ3n) is 5.74. The summed E-state index contributed by atoms with van der Waals surface area (Å²) in [6, 6.07) is 7.79. The number of nitrogens with one attached hydrogen (secondary N) is 1. The van der Waals surface area contributed by atoms with Crippen LogP contribution in [-0.2, 0) is 4.84 Å². The molecule has 150 valence electrons. The number of rotatable bonds is 3. The molecule has 2 aliphatic heterocycles. The molecule has 4 rings (SSSR count). The summed E-state index contributed by atoms with van der Waals surface area (Å²) in [5, 5.41) is 5.58. The molecule has 6 nitrogen and oxygen atoms in total. The van der Waals surface area contributed by atoms with Crippen molar-refractivity contribution in [3.63, 3.8) is 0 Å². The Morgan fingerprint density at radius 2 is 1.93 bits per heavy atom. The minimum absolute atomic E-state index is 0.0705. The summed E-state index contributed by atoms with van der Waals surface area (Å²) in [5.74, 6) is 0.741. The zero-order chi connectivity index (χ0) is 19.5. The highest BCUT2D eigenvalue weighted by Crippen LogP contribution is 2.31. The summed E-state index contributed by atoms with van der Waals surface area (Å²) in [6.45, 7) is 3.66. The fourth-order valence-electron chi connectivity index (χ4n) is 4.13. The number of hydrogen-bond acceptors (Lipinski definition) is 4. The first-order chi connectivity index (χ1) is 13.6. The van der Waals surface area contributed by atoms with E-state index in [4.69, 9.17) is 16.4 Å². The fraction of sp³-hybridized carbons (Fsp3) is 0.476. The number of anilines is 1. The standard InChI is InChI=1S/C21H27ClN4O2/c1-28-26-15-17-6-3-2-5-16(17)13-20(26)23-21(27)25-11-9-24(10-12-25)19-8-4-7-18(22)14-19/h4,7-8,13-14H,2-3,5-6,9-12,15H2,1H3,(H,23,27). The van der Waals surface area contributed by atoms with Crippen molar-refractivity contribution < 1.29 is 9.63 Å². The lowest BCUT2D eigenvalue weighted by Gasteiger charge is -2.37. The molecule has 3 aliphatic rings. The van der Waals surface area contributed by atoms with Crippen LogP contribution in [0.1, 0.15) is 25.7 Å². The monoisotopic (exact) mass is 402 g/mol. The largest absolute Gasteiger partial charge is 0.368 e. The second-order valence-electron chi connectivity index (χ2n) is 7.47. The van der Waals surface area contributed by atoms with Crippen molar-refractivity contribution in [3.8, 4) is 0 Å². The molecule has 7 heteroatoms. The van der Waals surface area contributed by atoms with E-state index in [1.54, 1.807) is 12.2 Å². The van der Waals surface area contributed by atoms with Crippen molar-refractivity contribution in [1.82, 2.24) is 15.3 Å². The number of amides is 2. The van der Waals surface area contributed by atoms with Gasteiger partial charge in [0.15, 0.2) is 0 Å². The van der Waals surface area contributed by atoms with Gasteiger partial charge in [0.05, 0.1) is 13.7 Å². The molecule has 2 heterocycles. The first-order valence-electron chi connectivity index (χ1n) is 9.95. The van der Waals surface area contributed by atoms with Gasteiger partial charge in [-0.2, -0.15) is 0 Å². The Kier molecular flexibility index (Phi) is 5.78. The predicted molar refractivity (Wildman–Crippen MR) is 111 cm³/mol. The molecule has 1 N–H and O–H groups in total. The Balaban J connectivity index is 1.37. The number of piperazine rings is 1. The van der Waals surface area contributed by atoms with Crippen molar-refractivity contribution >= 4 is 23.3 Å². The van der Waals surface area contributed by atoms with Gasteiger partial charge in [0.2, 0.25) is 0 Å². The maximum atomic E-state index is 12.8. The number of carbonyl (C=O) groups excluding carboxylic acids is 1. The van der Waals surface area contributed by atoms with Crippen LogP contribution < -0.4 is 10.2 Å². The minimum atomic E-state index is -0.0705. The van der Waals surface area contributed by atoms with Gasteiger partial charge < -0.3 is 9.80 Å². The maximum Gasteiger partial charge on any atom is 0.323 e. The van der Waals surface area contributed by atoms with E-state index < -0.39 is 0 Å². The summed E-state index contributed by atoms with van der Waals surface area (Å²) >= 11 is 6.10. The summed E-state index contributed by atoms with van der Waals surface area (Å²) in [7, 11) is 1.65. The summed E-state index contributed by atoms with van der Waals surface area (Å²) in [6.07, 6.45) is 6.75. The highest BCUT2D eigenvalue weighted by molar-refractivity contribution is 6.30. The normalized spacial score (nSPS) is 20.1. The zero-order valence-electron chi connectivity index (χ0n) is 16.3. The zero-order valence-corrected chi connectivity index (χ0v) is 17.0. The van der Waals surface area contributed by atoms with E-state index >= 15 is 0 Å². The van der Waals surface area contributed by atoms with E-state index in [1.165, 1.54) is 24.0 Å². The van der Waals surface area contributed by atoms with E-state index in [2.05, 4.69) is 22.4 Å². The molecule has 0 atom stereocenters. The molecule has 1 aromatic carbocycles. The number of nitrogens with zero attached hydrogens (tertiary/aromatic N) is 3. The van der Waals surface area contributed by atoms with E-state index in [0.717, 1.165) is 49.0 Å². The maximum absolute atomic E-state index is 12.8. The van der Waals surface area contributed by atoms with Crippen molar-refractivity contribution in [3.05, 3.63) is 52.3 Å². The summed E-state index contributed by atoms with van der Waals surface area (Å²) in [5.41, 5.74) is 3.90. The third kappa shape index (κ3) is 4.13. The lowest BCUT2D eigenvalue weighted by Crippen LogP contribution is -2.53.